The number of likely N-dealkylation sites (tertiary alicyclic amines) is 1. The zero-order chi connectivity index (χ0) is 22.7. The summed E-state index contributed by atoms with van der Waals surface area (Å²) < 4.78 is 44.9. The highest BCUT2D eigenvalue weighted by Crippen LogP contribution is 2.31. The van der Waals surface area contributed by atoms with Crippen LogP contribution in [0.3, 0.4) is 0 Å². The van der Waals surface area contributed by atoms with Gasteiger partial charge in [0.05, 0.1) is 12.1 Å². The van der Waals surface area contributed by atoms with Crippen molar-refractivity contribution < 1.29 is 22.5 Å². The van der Waals surface area contributed by atoms with Crippen LogP contribution in [0.25, 0.3) is 11.4 Å². The van der Waals surface area contributed by atoms with Crippen molar-refractivity contribution in [2.75, 3.05) is 18.4 Å². The monoisotopic (exact) mass is 508 g/mol. The molecule has 6 nitrogen and oxygen atoms in total. The van der Waals surface area contributed by atoms with Crippen LogP contribution in [0.4, 0.5) is 18.9 Å². The number of piperidine rings is 1. The number of benzene rings is 2. The third kappa shape index (κ3) is 5.55. The summed E-state index contributed by atoms with van der Waals surface area (Å²) in [5.41, 5.74) is 0.212. The Kier molecular flexibility index (Phi) is 6.61. The van der Waals surface area contributed by atoms with E-state index in [-0.39, 0.29) is 17.5 Å². The molecule has 1 amide bonds. The summed E-state index contributed by atoms with van der Waals surface area (Å²) in [6, 6.07) is 12.3. The highest BCUT2D eigenvalue weighted by atomic mass is 79.9. The first kappa shape index (κ1) is 22.5. The number of alkyl halides is 3. The first-order chi connectivity index (χ1) is 15.3. The van der Waals surface area contributed by atoms with E-state index < -0.39 is 11.7 Å². The van der Waals surface area contributed by atoms with Crippen LogP contribution in [0.2, 0.25) is 0 Å². The lowest BCUT2D eigenvalue weighted by molar-refractivity contribution is -0.137. The maximum Gasteiger partial charge on any atom is 0.416 e. The fourth-order valence-corrected chi connectivity index (χ4v) is 4.03. The number of halogens is 4. The predicted octanol–water partition coefficient (Wildman–Crippen LogP) is 5.37. The molecule has 10 heteroatoms. The normalized spacial score (nSPS) is 15.6. The van der Waals surface area contributed by atoms with Gasteiger partial charge in [0, 0.05) is 21.6 Å². The van der Waals surface area contributed by atoms with Crippen molar-refractivity contribution in [3.63, 3.8) is 0 Å². The number of nitrogens with zero attached hydrogens (tertiary/aromatic N) is 3. The Balaban J connectivity index is 1.29. The van der Waals surface area contributed by atoms with Crippen molar-refractivity contribution >= 4 is 27.5 Å². The van der Waals surface area contributed by atoms with Crippen molar-refractivity contribution in [3.8, 4) is 11.4 Å². The summed E-state index contributed by atoms with van der Waals surface area (Å²) in [6.45, 7) is 1.77. The van der Waals surface area contributed by atoms with E-state index in [2.05, 4.69) is 36.3 Å². The lowest BCUT2D eigenvalue weighted by atomic mass is 9.95. The molecule has 1 fully saturated rings. The number of anilines is 1. The molecule has 1 N–H and O–H groups in total. The van der Waals surface area contributed by atoms with Crippen molar-refractivity contribution in [1.82, 2.24) is 15.0 Å². The fraction of sp³-hybridized carbons (Fsp3) is 0.318. The van der Waals surface area contributed by atoms with Gasteiger partial charge in [-0.1, -0.05) is 39.3 Å². The lowest BCUT2D eigenvalue weighted by Gasteiger charge is -2.30. The number of aromatic nitrogens is 2. The molecule has 2 aromatic carbocycles. The SMILES string of the molecule is O=C(Nc1cccc(C(F)(F)F)c1)C1CCN(Cc2nc(-c3cccc(Br)c3)no2)CC1. The summed E-state index contributed by atoms with van der Waals surface area (Å²) in [7, 11) is 0. The third-order valence-corrected chi connectivity index (χ3v) is 5.82. The Bertz CT molecular complexity index is 1090. The Hall–Kier alpha value is -2.72. The number of amides is 1. The molecule has 0 unspecified atom stereocenters. The van der Waals surface area contributed by atoms with Crippen LogP contribution in [0.15, 0.2) is 57.5 Å². The third-order valence-electron chi connectivity index (χ3n) is 5.33. The van der Waals surface area contributed by atoms with E-state index in [9.17, 15) is 18.0 Å². The van der Waals surface area contributed by atoms with Gasteiger partial charge < -0.3 is 9.84 Å². The molecule has 1 aliphatic rings. The standard InChI is InChI=1S/C22H20BrF3N4O2/c23-17-5-1-3-15(11-17)20-28-19(32-29-20)13-30-9-7-14(8-10-30)21(31)27-18-6-2-4-16(12-18)22(24,25)26/h1-6,11-12,14H,7-10,13H2,(H,27,31). The number of nitrogens with one attached hydrogen (secondary N) is 1. The minimum atomic E-state index is -4.45. The zero-order valence-electron chi connectivity index (χ0n) is 16.9. The second-order valence-electron chi connectivity index (χ2n) is 7.64. The van der Waals surface area contributed by atoms with Gasteiger partial charge in [0.25, 0.3) is 0 Å². The maximum absolute atomic E-state index is 12.9. The molecule has 0 bridgehead atoms. The van der Waals surface area contributed by atoms with Crippen LogP contribution in [-0.2, 0) is 17.5 Å². The fourth-order valence-electron chi connectivity index (χ4n) is 3.63. The molecule has 1 saturated heterocycles. The van der Waals surface area contributed by atoms with Crippen LogP contribution in [0.5, 0.6) is 0 Å². The highest BCUT2D eigenvalue weighted by molar-refractivity contribution is 9.10. The Morgan fingerprint density at radius 2 is 1.91 bits per heavy atom. The van der Waals surface area contributed by atoms with Crippen LogP contribution < -0.4 is 5.32 Å². The molecular formula is C22H20BrF3N4O2. The van der Waals surface area contributed by atoms with E-state index in [0.717, 1.165) is 22.2 Å². The molecular weight excluding hydrogens is 489 g/mol. The molecule has 3 aromatic rings. The second-order valence-corrected chi connectivity index (χ2v) is 8.56. The first-order valence-corrected chi connectivity index (χ1v) is 10.9. The summed E-state index contributed by atoms with van der Waals surface area (Å²) in [4.78, 5) is 19.1. The average Bonchev–Trinajstić information content (AvgIpc) is 3.22. The van der Waals surface area contributed by atoms with Crippen molar-refractivity contribution in [2.24, 2.45) is 5.92 Å². The molecule has 32 heavy (non-hydrogen) atoms. The molecule has 0 atom stereocenters. The molecule has 0 saturated carbocycles. The van der Waals surface area contributed by atoms with Crippen molar-refractivity contribution in [3.05, 3.63) is 64.5 Å². The van der Waals surface area contributed by atoms with Gasteiger partial charge in [0.1, 0.15) is 0 Å². The highest BCUT2D eigenvalue weighted by Gasteiger charge is 2.31. The maximum atomic E-state index is 12.9. The summed E-state index contributed by atoms with van der Waals surface area (Å²) in [5.74, 6) is 0.475. The molecule has 4 rings (SSSR count). The van der Waals surface area contributed by atoms with Gasteiger partial charge in [0.2, 0.25) is 17.6 Å². The molecule has 1 aliphatic heterocycles. The van der Waals surface area contributed by atoms with Crippen LogP contribution in [-0.4, -0.2) is 34.0 Å². The molecule has 0 spiro atoms. The number of hydrogen-bond donors (Lipinski definition) is 1. The smallest absolute Gasteiger partial charge is 0.338 e. The minimum absolute atomic E-state index is 0.151. The number of carbonyl (C=O) groups excluding carboxylic acids is 1. The number of carbonyl (C=O) groups is 1. The van der Waals surface area contributed by atoms with E-state index >= 15 is 0 Å². The van der Waals surface area contributed by atoms with Crippen LogP contribution >= 0.6 is 15.9 Å². The summed E-state index contributed by atoms with van der Waals surface area (Å²) >= 11 is 3.42. The van der Waals surface area contributed by atoms with Crippen LogP contribution in [0, 0.1) is 5.92 Å². The van der Waals surface area contributed by atoms with E-state index in [1.807, 2.05) is 24.3 Å². The van der Waals surface area contributed by atoms with Crippen molar-refractivity contribution in [2.45, 2.75) is 25.6 Å². The Morgan fingerprint density at radius 3 is 2.62 bits per heavy atom. The largest absolute Gasteiger partial charge is 0.416 e. The van der Waals surface area contributed by atoms with Gasteiger partial charge in [-0.2, -0.15) is 18.2 Å². The average molecular weight is 509 g/mol. The van der Waals surface area contributed by atoms with E-state index in [0.29, 0.717) is 44.2 Å². The Morgan fingerprint density at radius 1 is 1.16 bits per heavy atom. The molecule has 1 aromatic heterocycles. The number of rotatable bonds is 5. The van der Waals surface area contributed by atoms with E-state index in [4.69, 9.17) is 4.52 Å². The van der Waals surface area contributed by atoms with E-state index in [1.54, 1.807) is 0 Å². The van der Waals surface area contributed by atoms with Gasteiger partial charge in [-0.05, 0) is 56.3 Å². The molecule has 0 radical (unpaired) electrons. The topological polar surface area (TPSA) is 71.3 Å². The summed E-state index contributed by atoms with van der Waals surface area (Å²) in [6.07, 6.45) is -3.26. The second kappa shape index (κ2) is 9.41. The van der Waals surface area contributed by atoms with Crippen LogP contribution in [0.1, 0.15) is 24.3 Å². The lowest BCUT2D eigenvalue weighted by Crippen LogP contribution is -2.37. The van der Waals surface area contributed by atoms with E-state index in [1.165, 1.54) is 12.1 Å². The van der Waals surface area contributed by atoms with Gasteiger partial charge in [0.15, 0.2) is 0 Å². The predicted molar refractivity (Wildman–Crippen MR) is 116 cm³/mol. The van der Waals surface area contributed by atoms with Gasteiger partial charge in [-0.25, -0.2) is 0 Å². The molecule has 168 valence electrons. The quantitative estimate of drug-likeness (QED) is 0.501. The Labute approximate surface area is 190 Å². The van der Waals surface area contributed by atoms with Gasteiger partial charge >= 0.3 is 6.18 Å². The summed E-state index contributed by atoms with van der Waals surface area (Å²) in [5, 5.41) is 6.64. The number of hydrogen-bond acceptors (Lipinski definition) is 5. The van der Waals surface area contributed by atoms with Crippen molar-refractivity contribution in [1.29, 1.82) is 0 Å². The molecule has 2 heterocycles. The first-order valence-electron chi connectivity index (χ1n) is 10.1. The van der Waals surface area contributed by atoms with Gasteiger partial charge in [-0.3, -0.25) is 9.69 Å². The minimum Gasteiger partial charge on any atom is -0.338 e. The zero-order valence-corrected chi connectivity index (χ0v) is 18.5. The molecule has 0 aliphatic carbocycles. The van der Waals surface area contributed by atoms with Gasteiger partial charge in [-0.15, -0.1) is 0 Å².